The van der Waals surface area contributed by atoms with Crippen molar-refractivity contribution in [2.24, 2.45) is 10.9 Å². The van der Waals surface area contributed by atoms with Crippen LogP contribution in [0.1, 0.15) is 47.7 Å². The molecule has 2 unspecified atom stereocenters. The molecular weight excluding hydrogens is 372 g/mol. The SMILES string of the molecule is CCNC(=NCc1ccc(C(=O)N(C)C)cc1)N1CCC(c2ccccc2)C(C)C1. The normalized spacial score (nSPS) is 19.5. The minimum absolute atomic E-state index is 0.0219. The number of rotatable bonds is 5. The Morgan fingerprint density at radius 3 is 2.43 bits per heavy atom. The molecule has 3 rings (SSSR count). The van der Waals surface area contributed by atoms with Crippen molar-refractivity contribution in [2.75, 3.05) is 33.7 Å². The number of carbonyl (C=O) groups excluding carboxylic acids is 1. The second-order valence-electron chi connectivity index (χ2n) is 8.30. The van der Waals surface area contributed by atoms with Gasteiger partial charge in [0.1, 0.15) is 0 Å². The molecule has 0 aromatic heterocycles. The van der Waals surface area contributed by atoms with Crippen LogP contribution < -0.4 is 5.32 Å². The maximum atomic E-state index is 12.1. The van der Waals surface area contributed by atoms with Crippen molar-refractivity contribution in [3.05, 3.63) is 71.3 Å². The molecule has 1 amide bonds. The Bertz CT molecular complexity index is 845. The smallest absolute Gasteiger partial charge is 0.253 e. The Morgan fingerprint density at radius 2 is 1.83 bits per heavy atom. The number of carbonyl (C=O) groups is 1. The Hall–Kier alpha value is -2.82. The summed E-state index contributed by atoms with van der Waals surface area (Å²) in [5.74, 6) is 2.17. The summed E-state index contributed by atoms with van der Waals surface area (Å²) in [5, 5.41) is 3.46. The summed E-state index contributed by atoms with van der Waals surface area (Å²) in [6.07, 6.45) is 1.14. The van der Waals surface area contributed by atoms with E-state index in [1.165, 1.54) is 5.56 Å². The molecule has 5 heteroatoms. The van der Waals surface area contributed by atoms with Crippen LogP contribution in [0, 0.1) is 5.92 Å². The highest BCUT2D eigenvalue weighted by atomic mass is 16.2. The van der Waals surface area contributed by atoms with Gasteiger partial charge >= 0.3 is 0 Å². The maximum Gasteiger partial charge on any atom is 0.253 e. The van der Waals surface area contributed by atoms with E-state index in [2.05, 4.69) is 54.4 Å². The number of piperidine rings is 1. The van der Waals surface area contributed by atoms with E-state index in [9.17, 15) is 4.79 Å². The van der Waals surface area contributed by atoms with Crippen LogP contribution in [-0.2, 0) is 6.54 Å². The molecule has 0 aliphatic carbocycles. The lowest BCUT2D eigenvalue weighted by molar-refractivity contribution is 0.0827. The summed E-state index contributed by atoms with van der Waals surface area (Å²) < 4.78 is 0. The van der Waals surface area contributed by atoms with Crippen LogP contribution in [0.5, 0.6) is 0 Å². The molecule has 0 radical (unpaired) electrons. The summed E-state index contributed by atoms with van der Waals surface area (Å²) >= 11 is 0. The molecule has 1 aliphatic heterocycles. The number of hydrogen-bond donors (Lipinski definition) is 1. The van der Waals surface area contributed by atoms with Crippen molar-refractivity contribution in [3.8, 4) is 0 Å². The van der Waals surface area contributed by atoms with Gasteiger partial charge in [-0.3, -0.25) is 4.79 Å². The highest BCUT2D eigenvalue weighted by molar-refractivity contribution is 5.93. The minimum Gasteiger partial charge on any atom is -0.357 e. The second kappa shape index (κ2) is 10.3. The van der Waals surface area contributed by atoms with Crippen LogP contribution in [0.15, 0.2) is 59.6 Å². The predicted molar refractivity (Wildman–Crippen MR) is 124 cm³/mol. The van der Waals surface area contributed by atoms with Gasteiger partial charge in [0.2, 0.25) is 0 Å². The average molecular weight is 407 g/mol. The summed E-state index contributed by atoms with van der Waals surface area (Å²) in [6, 6.07) is 18.6. The van der Waals surface area contributed by atoms with Gasteiger partial charge in [0.25, 0.3) is 5.91 Å². The van der Waals surface area contributed by atoms with Crippen LogP contribution >= 0.6 is 0 Å². The van der Waals surface area contributed by atoms with Gasteiger partial charge in [0.05, 0.1) is 6.54 Å². The van der Waals surface area contributed by atoms with Gasteiger partial charge in [-0.1, -0.05) is 49.4 Å². The molecule has 2 atom stereocenters. The first-order valence-electron chi connectivity index (χ1n) is 10.9. The highest BCUT2D eigenvalue weighted by Gasteiger charge is 2.28. The molecule has 2 aromatic carbocycles. The average Bonchev–Trinajstić information content (AvgIpc) is 2.77. The van der Waals surface area contributed by atoms with Gasteiger partial charge in [-0.15, -0.1) is 0 Å². The number of benzene rings is 2. The fourth-order valence-electron chi connectivity index (χ4n) is 4.14. The van der Waals surface area contributed by atoms with Crippen LogP contribution in [0.25, 0.3) is 0 Å². The Balaban J connectivity index is 1.65. The van der Waals surface area contributed by atoms with E-state index in [1.54, 1.807) is 19.0 Å². The number of nitrogens with one attached hydrogen (secondary N) is 1. The monoisotopic (exact) mass is 406 g/mol. The largest absolute Gasteiger partial charge is 0.357 e. The van der Waals surface area contributed by atoms with Crippen molar-refractivity contribution in [3.63, 3.8) is 0 Å². The van der Waals surface area contributed by atoms with Gasteiger partial charge in [-0.25, -0.2) is 4.99 Å². The van der Waals surface area contributed by atoms with Crippen molar-refractivity contribution < 1.29 is 4.79 Å². The van der Waals surface area contributed by atoms with Crippen molar-refractivity contribution >= 4 is 11.9 Å². The lowest BCUT2D eigenvalue weighted by Gasteiger charge is -2.39. The van der Waals surface area contributed by atoms with Crippen LogP contribution in [0.2, 0.25) is 0 Å². The molecule has 0 saturated carbocycles. The van der Waals surface area contributed by atoms with E-state index in [0.717, 1.165) is 37.6 Å². The van der Waals surface area contributed by atoms with Crippen LogP contribution in [-0.4, -0.2) is 55.4 Å². The summed E-state index contributed by atoms with van der Waals surface area (Å²) in [7, 11) is 3.54. The molecule has 1 fully saturated rings. The topological polar surface area (TPSA) is 47.9 Å². The third-order valence-electron chi connectivity index (χ3n) is 5.79. The fourth-order valence-corrected chi connectivity index (χ4v) is 4.14. The van der Waals surface area contributed by atoms with Gasteiger partial charge in [-0.2, -0.15) is 0 Å². The quantitative estimate of drug-likeness (QED) is 0.604. The van der Waals surface area contributed by atoms with Crippen LogP contribution in [0.3, 0.4) is 0 Å². The molecule has 160 valence electrons. The van der Waals surface area contributed by atoms with Gasteiger partial charge in [0, 0.05) is 39.3 Å². The second-order valence-corrected chi connectivity index (χ2v) is 8.30. The number of likely N-dealkylation sites (tertiary alicyclic amines) is 1. The zero-order valence-electron chi connectivity index (χ0n) is 18.6. The minimum atomic E-state index is 0.0219. The Kier molecular flexibility index (Phi) is 7.50. The number of aliphatic imine (C=N–C) groups is 1. The van der Waals surface area contributed by atoms with Gasteiger partial charge < -0.3 is 15.1 Å². The molecule has 1 saturated heterocycles. The van der Waals surface area contributed by atoms with E-state index in [1.807, 2.05) is 24.3 Å². The number of guanidine groups is 1. The molecule has 5 nitrogen and oxygen atoms in total. The third kappa shape index (κ3) is 5.41. The maximum absolute atomic E-state index is 12.1. The molecule has 1 N–H and O–H groups in total. The fraction of sp³-hybridized carbons (Fsp3) is 0.440. The molecular formula is C25H34N4O. The summed E-state index contributed by atoms with van der Waals surface area (Å²) in [5.41, 5.74) is 3.25. The number of nitrogens with zero attached hydrogens (tertiary/aromatic N) is 3. The first kappa shape index (κ1) is 21.9. The molecule has 1 heterocycles. The van der Waals surface area contributed by atoms with Crippen molar-refractivity contribution in [2.45, 2.75) is 32.7 Å². The lowest BCUT2D eigenvalue weighted by atomic mass is 9.82. The van der Waals surface area contributed by atoms with Crippen molar-refractivity contribution in [1.82, 2.24) is 15.1 Å². The zero-order valence-corrected chi connectivity index (χ0v) is 18.6. The zero-order chi connectivity index (χ0) is 21.5. The molecule has 2 aromatic rings. The van der Waals surface area contributed by atoms with E-state index in [0.29, 0.717) is 23.9 Å². The van der Waals surface area contributed by atoms with Crippen molar-refractivity contribution in [1.29, 1.82) is 0 Å². The lowest BCUT2D eigenvalue weighted by Crippen LogP contribution is -2.48. The summed E-state index contributed by atoms with van der Waals surface area (Å²) in [4.78, 5) is 20.9. The molecule has 0 spiro atoms. The number of amides is 1. The first-order chi connectivity index (χ1) is 14.5. The third-order valence-corrected chi connectivity index (χ3v) is 5.79. The molecule has 1 aliphatic rings. The van der Waals surface area contributed by atoms with E-state index < -0.39 is 0 Å². The van der Waals surface area contributed by atoms with E-state index >= 15 is 0 Å². The Labute approximate surface area is 180 Å². The molecule has 30 heavy (non-hydrogen) atoms. The molecule has 0 bridgehead atoms. The summed E-state index contributed by atoms with van der Waals surface area (Å²) in [6.45, 7) is 7.91. The number of hydrogen-bond acceptors (Lipinski definition) is 2. The standard InChI is InChI=1S/C25H34N4O/c1-5-26-25(27-17-20-11-13-22(14-12-20)24(30)28(3)4)29-16-15-23(19(2)18-29)21-9-7-6-8-10-21/h6-14,19,23H,5,15-18H2,1-4H3,(H,26,27). The van der Waals surface area contributed by atoms with Gasteiger partial charge in [0.15, 0.2) is 5.96 Å². The highest BCUT2D eigenvalue weighted by Crippen LogP contribution is 2.32. The van der Waals surface area contributed by atoms with Gasteiger partial charge in [-0.05, 0) is 48.4 Å². The first-order valence-corrected chi connectivity index (χ1v) is 10.9. The predicted octanol–water partition coefficient (Wildman–Crippen LogP) is 3.98. The van der Waals surface area contributed by atoms with E-state index in [-0.39, 0.29) is 5.91 Å². The Morgan fingerprint density at radius 1 is 1.13 bits per heavy atom. The van der Waals surface area contributed by atoms with Crippen LogP contribution in [0.4, 0.5) is 0 Å². The van der Waals surface area contributed by atoms with E-state index in [4.69, 9.17) is 4.99 Å².